The summed E-state index contributed by atoms with van der Waals surface area (Å²) in [5, 5.41) is 10.6. The van der Waals surface area contributed by atoms with Crippen molar-refractivity contribution in [1.29, 1.82) is 0 Å². The molecule has 25 heteroatoms. The number of piperidine rings is 3. The van der Waals surface area contributed by atoms with E-state index < -0.39 is 11.6 Å². The van der Waals surface area contributed by atoms with Crippen LogP contribution in [-0.4, -0.2) is 230 Å². The van der Waals surface area contributed by atoms with Crippen LogP contribution in [-0.2, 0) is 48.2 Å². The lowest BCUT2D eigenvalue weighted by Gasteiger charge is -2.40. The van der Waals surface area contributed by atoms with Crippen LogP contribution in [0, 0.1) is 11.6 Å². The molecule has 9 heterocycles. The molecule has 0 bridgehead atoms. The maximum Gasteiger partial charge on any atom is 0.142 e. The minimum Gasteiger partial charge on any atom is -0.497 e. The van der Waals surface area contributed by atoms with Gasteiger partial charge in [0.1, 0.15) is 95.8 Å². The Balaban J connectivity index is 0.000000139. The van der Waals surface area contributed by atoms with Crippen molar-refractivity contribution in [2.75, 3.05) is 222 Å². The minimum atomic E-state index is -0.567. The third-order valence-electron chi connectivity index (χ3n) is 25.4. The quantitative estimate of drug-likeness (QED) is 0.0318. The van der Waals surface area contributed by atoms with Crippen molar-refractivity contribution in [2.45, 2.75) is 113 Å². The van der Waals surface area contributed by atoms with E-state index in [2.05, 4.69) is 180 Å². The Kier molecular flexibility index (Phi) is 31.4. The van der Waals surface area contributed by atoms with E-state index in [1.807, 2.05) is 41.3 Å². The average molecular weight is 1730 g/mol. The van der Waals surface area contributed by atoms with E-state index in [9.17, 15) is 8.78 Å². The largest absolute Gasteiger partial charge is 0.497 e. The van der Waals surface area contributed by atoms with Gasteiger partial charge < -0.3 is 112 Å². The number of benzene rings is 9. The van der Waals surface area contributed by atoms with Gasteiger partial charge in [0.25, 0.3) is 0 Å². The van der Waals surface area contributed by atoms with Gasteiger partial charge in [0.2, 0.25) is 0 Å². The fraction of sp³-hybridized carbons (Fsp3) is 0.465. The predicted octanol–water partition coefficient (Wildman–Crippen LogP) is 14.9. The van der Waals surface area contributed by atoms with Gasteiger partial charge in [0.05, 0.1) is 128 Å². The van der Waals surface area contributed by atoms with E-state index in [1.165, 1.54) is 51.3 Å². The van der Waals surface area contributed by atoms with E-state index in [0.717, 1.165) is 251 Å². The first-order valence-electron chi connectivity index (χ1n) is 45.2. The van der Waals surface area contributed by atoms with Gasteiger partial charge >= 0.3 is 0 Å². The van der Waals surface area contributed by atoms with E-state index in [4.69, 9.17) is 66.3 Å². The average Bonchev–Trinajstić information content (AvgIpc) is 0.840. The maximum atomic E-state index is 13.5. The lowest BCUT2D eigenvalue weighted by Crippen LogP contribution is -2.54. The van der Waals surface area contributed by atoms with Gasteiger partial charge in [-0.05, 0) is 213 Å². The zero-order valence-corrected chi connectivity index (χ0v) is 73.7. The Labute approximate surface area is 741 Å². The SMILES string of the molecule is COCCCN1CCOc2ccc(CO[C@H]3CNCC[C@@H]3c3ccc(OC4CN(c5cc(F)cc(F)c5)C4)cc3)cc21.COCCCN1CCOc2ccc(CO[C@H]3CNCC[C@@H]3c3ccc(OC4CN(c5ccc(OC)cc5)C4)cc3)cc21.COCCCN1CCOc2ccc(CO[C@H]3CNCC[C@@H]3c3ccc(OC4CN(c5cccc(OC)c5)C4)cc3)cc21. The second kappa shape index (κ2) is 44.4. The Morgan fingerprint density at radius 3 is 1.06 bits per heavy atom. The summed E-state index contributed by atoms with van der Waals surface area (Å²) >= 11 is 0. The van der Waals surface area contributed by atoms with Gasteiger partial charge in [-0.3, -0.25) is 0 Å². The molecule has 9 aliphatic rings. The molecule has 18 rings (SSSR count). The molecule has 3 N–H and O–H groups in total. The number of nitrogens with zero attached hydrogens (tertiary/aromatic N) is 6. The number of hydrogen-bond donors (Lipinski definition) is 3. The topological polar surface area (TPSA) is 185 Å². The first-order valence-corrected chi connectivity index (χ1v) is 45.2. The summed E-state index contributed by atoms with van der Waals surface area (Å²) in [5.41, 5.74) is 13.7. The molecule has 0 amide bonds. The van der Waals surface area contributed by atoms with Crippen LogP contribution in [0.15, 0.2) is 194 Å². The summed E-state index contributed by atoms with van der Waals surface area (Å²) in [6, 6.07) is 64.9. The Hall–Kier alpha value is -10.3. The zero-order valence-electron chi connectivity index (χ0n) is 73.7. The van der Waals surface area contributed by atoms with Crippen molar-refractivity contribution in [2.24, 2.45) is 0 Å². The normalized spacial score (nSPS) is 20.5. The predicted molar refractivity (Wildman–Crippen MR) is 490 cm³/mol. The zero-order chi connectivity index (χ0) is 86.3. The molecule has 6 atom stereocenters. The summed E-state index contributed by atoms with van der Waals surface area (Å²) in [5.74, 6) is 7.09. The van der Waals surface area contributed by atoms with Crippen LogP contribution in [0.25, 0.3) is 0 Å². The first-order chi connectivity index (χ1) is 61.9. The Morgan fingerprint density at radius 2 is 0.698 bits per heavy atom. The summed E-state index contributed by atoms with van der Waals surface area (Å²) in [7, 11) is 8.64. The molecule has 6 fully saturated rings. The molecule has 9 aliphatic heterocycles. The molecule has 23 nitrogen and oxygen atoms in total. The molecule has 126 heavy (non-hydrogen) atoms. The highest BCUT2D eigenvalue weighted by atomic mass is 19.1. The summed E-state index contributed by atoms with van der Waals surface area (Å²) in [6.07, 6.45) is 6.72. The number of halogens is 2. The van der Waals surface area contributed by atoms with Crippen LogP contribution in [0.3, 0.4) is 0 Å². The fourth-order valence-electron chi connectivity index (χ4n) is 18.3. The molecule has 0 spiro atoms. The van der Waals surface area contributed by atoms with Gasteiger partial charge in [-0.15, -0.1) is 0 Å². The first kappa shape index (κ1) is 89.1. The fourth-order valence-corrected chi connectivity index (χ4v) is 18.3. The highest BCUT2D eigenvalue weighted by Crippen LogP contribution is 2.41. The van der Waals surface area contributed by atoms with Crippen molar-refractivity contribution in [3.63, 3.8) is 0 Å². The highest BCUT2D eigenvalue weighted by Gasteiger charge is 2.36. The van der Waals surface area contributed by atoms with Gasteiger partial charge in [0.15, 0.2) is 0 Å². The number of hydrogen-bond acceptors (Lipinski definition) is 23. The van der Waals surface area contributed by atoms with Crippen LogP contribution in [0.5, 0.6) is 46.0 Å². The standard InChI is InChI=1S/2C34H43N3O5.C33H39F2N3O4/c1-38-18-3-16-36-17-19-40-33-13-4-25(20-32(33)36)24-41-34-21-35-15-14-31(34)26-5-9-29(10-6-26)42-30-22-37(23-30)27-7-11-28(39-2)12-8-27;1-38-17-4-15-36-16-18-40-33-12-7-25(19-32(33)36)24-41-34-21-35-14-13-31(34)26-8-10-28(11-9-26)42-30-22-37(23-30)27-5-3-6-29(20-27)39-2;1-39-13-2-11-37-12-14-40-32-8-3-23(15-31(32)37)22-41-33-19-36-10-9-30(33)24-4-6-28(7-5-24)42-29-20-38(21-29)27-17-25(34)16-26(35)18-27/h4-13,20,30-31,34-35H,3,14-19,21-24H2,1-2H3;3,5-12,19-20,30-31,34-35H,4,13-18,21-24H2,1-2H3;3-8,15-18,29-30,33,36H,2,9-14,19-22H2,1H3/t2*31-,34+;30-,33+/m111/s1. The molecule has 0 unspecified atom stereocenters. The van der Waals surface area contributed by atoms with Crippen molar-refractivity contribution in [3.8, 4) is 46.0 Å². The number of rotatable bonds is 35. The summed E-state index contributed by atoms with van der Waals surface area (Å²) in [4.78, 5) is 13.7. The van der Waals surface area contributed by atoms with E-state index in [-0.39, 0.29) is 42.5 Å². The van der Waals surface area contributed by atoms with Crippen LogP contribution >= 0.6 is 0 Å². The monoisotopic (exact) mass is 1730 g/mol. The molecular weight excluding hydrogens is 1600 g/mol. The van der Waals surface area contributed by atoms with Crippen LogP contribution in [0.4, 0.5) is 42.9 Å². The molecule has 9 aromatic rings. The molecular formula is C101H125F2N9O14. The van der Waals surface area contributed by atoms with E-state index in [0.29, 0.717) is 57.0 Å². The summed E-state index contributed by atoms with van der Waals surface area (Å²) in [6.45, 7) is 21.8. The van der Waals surface area contributed by atoms with E-state index >= 15 is 0 Å². The molecule has 6 saturated heterocycles. The van der Waals surface area contributed by atoms with Crippen LogP contribution in [0.2, 0.25) is 0 Å². The van der Waals surface area contributed by atoms with Crippen molar-refractivity contribution in [1.82, 2.24) is 16.0 Å². The number of anilines is 6. The van der Waals surface area contributed by atoms with Crippen LogP contribution in [0.1, 0.15) is 89.7 Å². The third-order valence-corrected chi connectivity index (χ3v) is 25.4. The van der Waals surface area contributed by atoms with Gasteiger partial charge in [-0.25, -0.2) is 8.78 Å². The Morgan fingerprint density at radius 1 is 0.349 bits per heavy atom. The second-order valence-corrected chi connectivity index (χ2v) is 34.0. The number of ether oxygens (including phenoxy) is 14. The molecule has 672 valence electrons. The number of methoxy groups -OCH3 is 5. The molecule has 0 radical (unpaired) electrons. The number of nitrogens with one attached hydrogen (secondary N) is 3. The second-order valence-electron chi connectivity index (χ2n) is 34.0. The minimum absolute atomic E-state index is 0.0185. The molecule has 0 aromatic heterocycles. The van der Waals surface area contributed by atoms with Gasteiger partial charge in [-0.1, -0.05) is 60.7 Å². The molecule has 0 aliphatic carbocycles. The number of fused-ring (bicyclic) bond motifs is 3. The van der Waals surface area contributed by atoms with Crippen molar-refractivity contribution in [3.05, 3.63) is 239 Å². The van der Waals surface area contributed by atoms with Crippen molar-refractivity contribution < 1.29 is 75.1 Å². The highest BCUT2D eigenvalue weighted by molar-refractivity contribution is 5.64. The van der Waals surface area contributed by atoms with Crippen LogP contribution < -0.4 is 83.2 Å². The smallest absolute Gasteiger partial charge is 0.142 e. The van der Waals surface area contributed by atoms with E-state index in [1.54, 1.807) is 35.5 Å². The van der Waals surface area contributed by atoms with Gasteiger partial charge in [0, 0.05) is 127 Å². The lowest BCUT2D eigenvalue weighted by molar-refractivity contribution is 0.0105. The molecule has 9 aromatic carbocycles. The van der Waals surface area contributed by atoms with Gasteiger partial charge in [-0.2, -0.15) is 0 Å². The molecule has 0 saturated carbocycles. The Bertz CT molecular complexity index is 4850. The summed E-state index contributed by atoms with van der Waals surface area (Å²) < 4.78 is 110. The third kappa shape index (κ3) is 23.5. The lowest BCUT2D eigenvalue weighted by atomic mass is 9.87. The van der Waals surface area contributed by atoms with Crippen molar-refractivity contribution >= 4 is 34.1 Å². The maximum absolute atomic E-state index is 13.5.